The molecule has 0 aliphatic heterocycles. The van der Waals surface area contributed by atoms with Crippen molar-refractivity contribution in [3.63, 3.8) is 0 Å². The molecule has 94 valence electrons. The van der Waals surface area contributed by atoms with Crippen LogP contribution < -0.4 is 0 Å². The van der Waals surface area contributed by atoms with Gasteiger partial charge in [0.05, 0.1) is 5.38 Å². The predicted octanol–water partition coefficient (Wildman–Crippen LogP) is 5.36. The number of halogens is 1. The topological polar surface area (TPSA) is 0 Å². The summed E-state index contributed by atoms with van der Waals surface area (Å²) in [5.41, 5.74) is 3.26. The van der Waals surface area contributed by atoms with Crippen molar-refractivity contribution in [2.75, 3.05) is 0 Å². The number of hydrogen-bond donors (Lipinski definition) is 0. The van der Waals surface area contributed by atoms with Gasteiger partial charge in [-0.05, 0) is 48.1 Å². The molecule has 0 heterocycles. The molecule has 0 saturated carbocycles. The van der Waals surface area contributed by atoms with E-state index in [2.05, 4.69) is 45.0 Å². The highest BCUT2D eigenvalue weighted by atomic mass is 35.5. The molecule has 17 heavy (non-hydrogen) atoms. The van der Waals surface area contributed by atoms with Crippen molar-refractivity contribution in [2.24, 2.45) is 11.3 Å². The minimum Gasteiger partial charge on any atom is -0.118 e. The molecule has 2 rings (SSSR count). The molecule has 1 aromatic carbocycles. The highest BCUT2D eigenvalue weighted by Gasteiger charge is 2.28. The van der Waals surface area contributed by atoms with E-state index in [-0.39, 0.29) is 5.38 Å². The van der Waals surface area contributed by atoms with Crippen LogP contribution in [0.4, 0.5) is 0 Å². The van der Waals surface area contributed by atoms with E-state index in [1.54, 1.807) is 0 Å². The molecule has 0 amide bonds. The normalized spacial score (nSPS) is 24.5. The Morgan fingerprint density at radius 1 is 1.24 bits per heavy atom. The maximum absolute atomic E-state index is 6.64. The Morgan fingerprint density at radius 2 is 1.94 bits per heavy atom. The molecule has 2 atom stereocenters. The summed E-state index contributed by atoms with van der Waals surface area (Å²) in [4.78, 5) is 0. The quantitative estimate of drug-likeness (QED) is 0.621. The van der Waals surface area contributed by atoms with E-state index in [0.29, 0.717) is 11.3 Å². The van der Waals surface area contributed by atoms with Gasteiger partial charge in [0.1, 0.15) is 0 Å². The van der Waals surface area contributed by atoms with Crippen molar-refractivity contribution >= 4 is 11.6 Å². The van der Waals surface area contributed by atoms with Crippen LogP contribution in [0.2, 0.25) is 0 Å². The molecule has 1 aliphatic rings. The number of aryl methyl sites for hydroxylation is 1. The maximum Gasteiger partial charge on any atom is 0.0616 e. The number of fused-ring (bicyclic) bond motifs is 1. The van der Waals surface area contributed by atoms with Gasteiger partial charge in [0.25, 0.3) is 0 Å². The van der Waals surface area contributed by atoms with Crippen LogP contribution in [-0.4, -0.2) is 0 Å². The molecule has 2 unspecified atom stereocenters. The number of rotatable bonds is 2. The molecule has 0 aromatic heterocycles. The fourth-order valence-electron chi connectivity index (χ4n) is 2.68. The van der Waals surface area contributed by atoms with Gasteiger partial charge < -0.3 is 0 Å². The van der Waals surface area contributed by atoms with Gasteiger partial charge in [-0.15, -0.1) is 11.6 Å². The molecular weight excluding hydrogens is 228 g/mol. The Bertz CT molecular complexity index is 375. The van der Waals surface area contributed by atoms with E-state index in [1.807, 2.05) is 0 Å². The van der Waals surface area contributed by atoms with Crippen LogP contribution in [0.3, 0.4) is 0 Å². The van der Waals surface area contributed by atoms with E-state index in [9.17, 15) is 0 Å². The summed E-state index contributed by atoms with van der Waals surface area (Å²) in [5, 5.41) is 0.224. The third-order valence-electron chi connectivity index (χ3n) is 3.82. The first-order chi connectivity index (χ1) is 7.97. The van der Waals surface area contributed by atoms with Crippen molar-refractivity contribution in [2.45, 2.75) is 51.8 Å². The van der Waals surface area contributed by atoms with E-state index < -0.39 is 0 Å². The van der Waals surface area contributed by atoms with Gasteiger partial charge in [-0.3, -0.25) is 0 Å². The van der Waals surface area contributed by atoms with E-state index in [4.69, 9.17) is 11.6 Å². The van der Waals surface area contributed by atoms with Gasteiger partial charge in [-0.2, -0.15) is 0 Å². The maximum atomic E-state index is 6.64. The molecule has 0 saturated heterocycles. The van der Waals surface area contributed by atoms with Gasteiger partial charge in [-0.1, -0.05) is 45.0 Å². The Balaban J connectivity index is 2.05. The molecule has 1 aromatic rings. The summed E-state index contributed by atoms with van der Waals surface area (Å²) in [7, 11) is 0. The van der Waals surface area contributed by atoms with Gasteiger partial charge in [-0.25, -0.2) is 0 Å². The van der Waals surface area contributed by atoms with Crippen LogP contribution >= 0.6 is 11.6 Å². The number of benzene rings is 1. The summed E-state index contributed by atoms with van der Waals surface area (Å²) in [5.74, 6) is 0.658. The fourth-order valence-corrected chi connectivity index (χ4v) is 3.15. The molecule has 1 heteroatoms. The second-order valence-corrected chi connectivity index (χ2v) is 6.97. The van der Waals surface area contributed by atoms with Crippen LogP contribution in [0.5, 0.6) is 0 Å². The largest absolute Gasteiger partial charge is 0.118 e. The first-order valence-corrected chi connectivity index (χ1v) is 7.13. The zero-order valence-corrected chi connectivity index (χ0v) is 11.9. The van der Waals surface area contributed by atoms with Crippen molar-refractivity contribution in [3.8, 4) is 0 Å². The van der Waals surface area contributed by atoms with Gasteiger partial charge in [0.2, 0.25) is 0 Å². The van der Waals surface area contributed by atoms with Crippen LogP contribution in [-0.2, 0) is 6.42 Å². The molecule has 0 radical (unpaired) electrons. The zero-order chi connectivity index (χ0) is 12.5. The first-order valence-electron chi connectivity index (χ1n) is 6.69. The Morgan fingerprint density at radius 3 is 2.65 bits per heavy atom. The smallest absolute Gasteiger partial charge is 0.0616 e. The van der Waals surface area contributed by atoms with Crippen LogP contribution in [0.15, 0.2) is 24.3 Å². The number of hydrogen-bond acceptors (Lipinski definition) is 0. The SMILES string of the molecule is CC(C)(C)CCC1CCc2ccccc2C1Cl. The lowest BCUT2D eigenvalue weighted by atomic mass is 9.78. The van der Waals surface area contributed by atoms with Crippen molar-refractivity contribution in [3.05, 3.63) is 35.4 Å². The lowest BCUT2D eigenvalue weighted by Crippen LogP contribution is -2.19. The molecule has 0 nitrogen and oxygen atoms in total. The molecule has 0 bridgehead atoms. The van der Waals surface area contributed by atoms with Crippen molar-refractivity contribution in [1.29, 1.82) is 0 Å². The predicted molar refractivity (Wildman–Crippen MR) is 75.5 cm³/mol. The average molecular weight is 251 g/mol. The third-order valence-corrected chi connectivity index (χ3v) is 4.41. The van der Waals surface area contributed by atoms with Crippen LogP contribution in [0.25, 0.3) is 0 Å². The summed E-state index contributed by atoms with van der Waals surface area (Å²) >= 11 is 6.64. The van der Waals surface area contributed by atoms with E-state index in [1.165, 1.54) is 36.8 Å². The highest BCUT2D eigenvalue weighted by molar-refractivity contribution is 6.21. The lowest BCUT2D eigenvalue weighted by Gasteiger charge is -2.31. The standard InChI is InChI=1S/C16H23Cl/c1-16(2,3)11-10-13-9-8-12-6-4-5-7-14(12)15(13)17/h4-7,13,15H,8-11H2,1-3H3. The third kappa shape index (κ3) is 3.25. The summed E-state index contributed by atoms with van der Waals surface area (Å²) in [6.45, 7) is 6.94. The Hall–Kier alpha value is -0.490. The summed E-state index contributed by atoms with van der Waals surface area (Å²) < 4.78 is 0. The Labute approximate surface area is 110 Å². The molecule has 0 spiro atoms. The molecule has 1 aliphatic carbocycles. The summed E-state index contributed by atoms with van der Waals surface area (Å²) in [6.07, 6.45) is 4.98. The van der Waals surface area contributed by atoms with Crippen LogP contribution in [0, 0.1) is 11.3 Å². The van der Waals surface area contributed by atoms with E-state index >= 15 is 0 Å². The Kier molecular flexibility index (Phi) is 3.82. The van der Waals surface area contributed by atoms with Crippen LogP contribution in [0.1, 0.15) is 56.5 Å². The molecule has 0 fully saturated rings. The molecular formula is C16H23Cl. The summed E-state index contributed by atoms with van der Waals surface area (Å²) in [6, 6.07) is 8.67. The van der Waals surface area contributed by atoms with Gasteiger partial charge in [0, 0.05) is 0 Å². The lowest BCUT2D eigenvalue weighted by molar-refractivity contribution is 0.302. The minimum atomic E-state index is 0.224. The minimum absolute atomic E-state index is 0.224. The van der Waals surface area contributed by atoms with Gasteiger partial charge >= 0.3 is 0 Å². The number of alkyl halides is 1. The molecule has 0 N–H and O–H groups in total. The van der Waals surface area contributed by atoms with Crippen molar-refractivity contribution < 1.29 is 0 Å². The second-order valence-electron chi connectivity index (χ2n) is 6.50. The average Bonchev–Trinajstić information content (AvgIpc) is 2.27. The van der Waals surface area contributed by atoms with E-state index in [0.717, 1.165) is 0 Å². The fraction of sp³-hybridized carbons (Fsp3) is 0.625. The zero-order valence-electron chi connectivity index (χ0n) is 11.2. The second kappa shape index (κ2) is 5.02. The van der Waals surface area contributed by atoms with Gasteiger partial charge in [0.15, 0.2) is 0 Å². The monoisotopic (exact) mass is 250 g/mol. The first kappa shape index (κ1) is 13.0. The highest BCUT2D eigenvalue weighted by Crippen LogP contribution is 2.42. The van der Waals surface area contributed by atoms with Crippen molar-refractivity contribution in [1.82, 2.24) is 0 Å².